The molecule has 0 spiro atoms. The van der Waals surface area contributed by atoms with Gasteiger partial charge in [-0.3, -0.25) is 0 Å². The van der Waals surface area contributed by atoms with E-state index in [1.54, 1.807) is 0 Å². The molecular formula is C17H19N. The van der Waals surface area contributed by atoms with E-state index in [1.165, 1.54) is 16.7 Å². The van der Waals surface area contributed by atoms with Gasteiger partial charge in [0.15, 0.2) is 0 Å². The third-order valence-electron chi connectivity index (χ3n) is 4.28. The van der Waals surface area contributed by atoms with Gasteiger partial charge in [0.1, 0.15) is 0 Å². The molecule has 0 radical (unpaired) electrons. The summed E-state index contributed by atoms with van der Waals surface area (Å²) in [4.78, 5) is 0. The number of hydrogen-bond donors (Lipinski definition) is 1. The van der Waals surface area contributed by atoms with E-state index in [9.17, 15) is 0 Å². The number of nitrogens with two attached hydrogens (primary N) is 1. The molecule has 1 nitrogen and oxygen atoms in total. The third-order valence-corrected chi connectivity index (χ3v) is 4.28. The zero-order valence-electron chi connectivity index (χ0n) is 10.7. The molecule has 18 heavy (non-hydrogen) atoms. The topological polar surface area (TPSA) is 26.0 Å². The lowest BCUT2D eigenvalue weighted by molar-refractivity contribution is 0.226. The van der Waals surface area contributed by atoms with Crippen molar-refractivity contribution in [3.63, 3.8) is 0 Å². The summed E-state index contributed by atoms with van der Waals surface area (Å²) >= 11 is 0. The first-order valence-electron chi connectivity index (χ1n) is 6.66. The van der Waals surface area contributed by atoms with Crippen LogP contribution in [0.2, 0.25) is 0 Å². The molecule has 92 valence electrons. The lowest BCUT2D eigenvalue weighted by Crippen LogP contribution is -2.44. The minimum Gasteiger partial charge on any atom is -0.327 e. The highest BCUT2D eigenvalue weighted by Crippen LogP contribution is 2.41. The fraction of sp³-hybridized carbons (Fsp3) is 0.294. The van der Waals surface area contributed by atoms with Crippen molar-refractivity contribution in [2.75, 3.05) is 0 Å². The van der Waals surface area contributed by atoms with E-state index in [4.69, 9.17) is 5.73 Å². The zero-order valence-corrected chi connectivity index (χ0v) is 10.7. The van der Waals surface area contributed by atoms with Crippen LogP contribution in [0.15, 0.2) is 54.6 Å². The summed E-state index contributed by atoms with van der Waals surface area (Å²) in [7, 11) is 0. The largest absolute Gasteiger partial charge is 0.327 e. The second kappa shape index (κ2) is 4.58. The molecule has 0 aromatic heterocycles. The minimum atomic E-state index is 0.392. The molecule has 0 heterocycles. The van der Waals surface area contributed by atoms with Crippen LogP contribution in [0.25, 0.3) is 11.1 Å². The van der Waals surface area contributed by atoms with Crippen LogP contribution in [-0.4, -0.2) is 6.04 Å². The Morgan fingerprint density at radius 3 is 2.06 bits per heavy atom. The van der Waals surface area contributed by atoms with Crippen molar-refractivity contribution < 1.29 is 0 Å². The smallest absolute Gasteiger partial charge is 0.00763 e. The standard InChI is InChI=1S/C17H19N/c1-12-16(11-17(12)18)15-9-7-14(8-10-15)13-5-3-2-4-6-13/h2-10,12,16-17H,11,18H2,1H3. The van der Waals surface area contributed by atoms with Crippen LogP contribution in [0.3, 0.4) is 0 Å². The van der Waals surface area contributed by atoms with Crippen molar-refractivity contribution in [1.82, 2.24) is 0 Å². The van der Waals surface area contributed by atoms with Crippen molar-refractivity contribution in [1.29, 1.82) is 0 Å². The monoisotopic (exact) mass is 237 g/mol. The van der Waals surface area contributed by atoms with Gasteiger partial charge in [-0.05, 0) is 34.9 Å². The normalized spacial score (nSPS) is 26.7. The lowest BCUT2D eigenvalue weighted by Gasteiger charge is -2.41. The maximum atomic E-state index is 5.97. The summed E-state index contributed by atoms with van der Waals surface area (Å²) in [6, 6.07) is 19.9. The first-order valence-corrected chi connectivity index (χ1v) is 6.66. The van der Waals surface area contributed by atoms with Crippen LogP contribution in [0, 0.1) is 5.92 Å². The molecule has 3 unspecified atom stereocenters. The Bertz CT molecular complexity index is 515. The van der Waals surface area contributed by atoms with Gasteiger partial charge in [-0.25, -0.2) is 0 Å². The molecule has 1 aliphatic rings. The van der Waals surface area contributed by atoms with E-state index in [1.807, 2.05) is 0 Å². The summed E-state index contributed by atoms with van der Waals surface area (Å²) in [6.45, 7) is 2.25. The molecule has 0 bridgehead atoms. The molecule has 1 saturated carbocycles. The molecule has 0 amide bonds. The number of hydrogen-bond acceptors (Lipinski definition) is 1. The lowest BCUT2D eigenvalue weighted by atomic mass is 9.67. The Hall–Kier alpha value is -1.60. The van der Waals surface area contributed by atoms with Crippen molar-refractivity contribution in [2.45, 2.75) is 25.3 Å². The van der Waals surface area contributed by atoms with Crippen LogP contribution in [0.4, 0.5) is 0 Å². The molecule has 2 aromatic rings. The molecule has 1 heteroatoms. The minimum absolute atomic E-state index is 0.392. The first-order chi connectivity index (χ1) is 8.75. The van der Waals surface area contributed by atoms with E-state index in [-0.39, 0.29) is 0 Å². The van der Waals surface area contributed by atoms with Gasteiger partial charge in [-0.2, -0.15) is 0 Å². The molecule has 2 N–H and O–H groups in total. The highest BCUT2D eigenvalue weighted by molar-refractivity contribution is 5.63. The fourth-order valence-electron chi connectivity index (χ4n) is 2.82. The Morgan fingerprint density at radius 1 is 0.889 bits per heavy atom. The van der Waals surface area contributed by atoms with Gasteiger partial charge in [0, 0.05) is 6.04 Å². The Morgan fingerprint density at radius 2 is 1.50 bits per heavy atom. The van der Waals surface area contributed by atoms with Crippen molar-refractivity contribution in [3.05, 3.63) is 60.2 Å². The average molecular weight is 237 g/mol. The summed E-state index contributed by atoms with van der Waals surface area (Å²) in [5, 5.41) is 0. The van der Waals surface area contributed by atoms with Gasteiger partial charge < -0.3 is 5.73 Å². The Kier molecular flexibility index (Phi) is 2.92. The Balaban J connectivity index is 1.82. The summed E-state index contributed by atoms with van der Waals surface area (Å²) in [5.74, 6) is 1.28. The second-order valence-corrected chi connectivity index (χ2v) is 5.35. The molecule has 1 aliphatic carbocycles. The third kappa shape index (κ3) is 1.95. The predicted octanol–water partition coefficient (Wildman–Crippen LogP) is 3.80. The zero-order chi connectivity index (χ0) is 12.5. The van der Waals surface area contributed by atoms with E-state index in [0.29, 0.717) is 17.9 Å². The summed E-state index contributed by atoms with van der Waals surface area (Å²) in [5.41, 5.74) is 9.97. The van der Waals surface area contributed by atoms with E-state index in [2.05, 4.69) is 61.5 Å². The van der Waals surface area contributed by atoms with E-state index < -0.39 is 0 Å². The van der Waals surface area contributed by atoms with Crippen LogP contribution in [0.1, 0.15) is 24.8 Å². The van der Waals surface area contributed by atoms with Crippen molar-refractivity contribution in [2.24, 2.45) is 11.7 Å². The van der Waals surface area contributed by atoms with E-state index >= 15 is 0 Å². The summed E-state index contributed by atoms with van der Waals surface area (Å²) in [6.07, 6.45) is 1.13. The molecule has 3 atom stereocenters. The highest BCUT2D eigenvalue weighted by Gasteiger charge is 2.35. The van der Waals surface area contributed by atoms with Gasteiger partial charge in [-0.15, -0.1) is 0 Å². The fourth-order valence-corrected chi connectivity index (χ4v) is 2.82. The number of rotatable bonds is 2. The van der Waals surface area contributed by atoms with Crippen LogP contribution in [-0.2, 0) is 0 Å². The van der Waals surface area contributed by atoms with Gasteiger partial charge in [0.05, 0.1) is 0 Å². The van der Waals surface area contributed by atoms with Gasteiger partial charge in [0.2, 0.25) is 0 Å². The van der Waals surface area contributed by atoms with Gasteiger partial charge in [0.25, 0.3) is 0 Å². The average Bonchev–Trinajstić information content (AvgIpc) is 2.45. The summed E-state index contributed by atoms with van der Waals surface area (Å²) < 4.78 is 0. The molecule has 0 saturated heterocycles. The quantitative estimate of drug-likeness (QED) is 0.844. The predicted molar refractivity (Wildman–Crippen MR) is 76.4 cm³/mol. The highest BCUT2D eigenvalue weighted by atomic mass is 14.7. The van der Waals surface area contributed by atoms with Crippen molar-refractivity contribution >= 4 is 0 Å². The van der Waals surface area contributed by atoms with Gasteiger partial charge in [-0.1, -0.05) is 61.5 Å². The Labute approximate surface area is 109 Å². The maximum Gasteiger partial charge on any atom is 0.00763 e. The van der Waals surface area contributed by atoms with Crippen molar-refractivity contribution in [3.8, 4) is 11.1 Å². The van der Waals surface area contributed by atoms with Crippen LogP contribution >= 0.6 is 0 Å². The van der Waals surface area contributed by atoms with Crippen LogP contribution in [0.5, 0.6) is 0 Å². The van der Waals surface area contributed by atoms with Gasteiger partial charge >= 0.3 is 0 Å². The number of benzene rings is 2. The van der Waals surface area contributed by atoms with Crippen LogP contribution < -0.4 is 5.73 Å². The second-order valence-electron chi connectivity index (χ2n) is 5.35. The maximum absolute atomic E-state index is 5.97. The molecule has 2 aromatic carbocycles. The first kappa shape index (κ1) is 11.5. The molecular weight excluding hydrogens is 218 g/mol. The molecule has 1 fully saturated rings. The van der Waals surface area contributed by atoms with E-state index in [0.717, 1.165) is 6.42 Å². The molecule has 0 aliphatic heterocycles. The molecule has 3 rings (SSSR count). The SMILES string of the molecule is CC1C(N)CC1c1ccc(-c2ccccc2)cc1.